The highest BCUT2D eigenvalue weighted by Crippen LogP contribution is 2.38. The zero-order chi connectivity index (χ0) is 19.6. The van der Waals surface area contributed by atoms with Gasteiger partial charge in [0.1, 0.15) is 0 Å². The van der Waals surface area contributed by atoms with Crippen LogP contribution in [0.3, 0.4) is 0 Å². The zero-order valence-corrected chi connectivity index (χ0v) is 16.5. The van der Waals surface area contributed by atoms with Gasteiger partial charge in [-0.1, -0.05) is 25.0 Å². The van der Waals surface area contributed by atoms with Crippen LogP contribution in [0, 0.1) is 11.8 Å². The lowest BCUT2D eigenvalue weighted by atomic mass is 9.81. The molecule has 146 valence electrons. The molecule has 3 amide bonds. The molecule has 1 aliphatic heterocycles. The Hall–Kier alpha value is -2.37. The summed E-state index contributed by atoms with van der Waals surface area (Å²) in [7, 11) is 5.74. The van der Waals surface area contributed by atoms with Gasteiger partial charge in [-0.05, 0) is 30.5 Å². The van der Waals surface area contributed by atoms with Crippen LogP contribution in [0.25, 0.3) is 0 Å². The van der Waals surface area contributed by atoms with Crippen LogP contribution in [0.5, 0.6) is 0 Å². The van der Waals surface area contributed by atoms with Crippen molar-refractivity contribution in [3.63, 3.8) is 0 Å². The van der Waals surface area contributed by atoms with Gasteiger partial charge >= 0.3 is 0 Å². The molecular formula is C21H29N3O3. The standard InChI is InChI=1S/C21H29N3O3/c1-22(2)16-10-8-15(9-11-16)14-23(3)19(25)12-13-24-20(26)17-6-4-5-7-18(17)21(24)27/h8-11,17-18H,4-7,12-14H2,1-3H3/t17-,18-/m1/s1. The summed E-state index contributed by atoms with van der Waals surface area (Å²) in [6.07, 6.45) is 3.83. The number of amides is 3. The SMILES string of the molecule is CN(Cc1ccc(N(C)C)cc1)C(=O)CCN1C(=O)[C@@H]2CCCC[C@H]2C1=O. The number of hydrogen-bond acceptors (Lipinski definition) is 4. The normalized spacial score (nSPS) is 22.0. The van der Waals surface area contributed by atoms with Gasteiger partial charge in [0.05, 0.1) is 11.8 Å². The summed E-state index contributed by atoms with van der Waals surface area (Å²) in [5, 5.41) is 0. The number of rotatable bonds is 6. The molecule has 0 radical (unpaired) electrons. The number of nitrogens with zero attached hydrogens (tertiary/aromatic N) is 3. The fraction of sp³-hybridized carbons (Fsp3) is 0.571. The van der Waals surface area contributed by atoms with Crippen LogP contribution in [0.4, 0.5) is 5.69 Å². The first-order valence-electron chi connectivity index (χ1n) is 9.74. The van der Waals surface area contributed by atoms with E-state index in [0.29, 0.717) is 6.54 Å². The lowest BCUT2D eigenvalue weighted by molar-refractivity contribution is -0.140. The molecule has 0 bridgehead atoms. The second kappa shape index (κ2) is 8.11. The molecule has 0 N–H and O–H groups in total. The summed E-state index contributed by atoms with van der Waals surface area (Å²) in [4.78, 5) is 42.5. The number of anilines is 1. The van der Waals surface area contributed by atoms with E-state index in [4.69, 9.17) is 0 Å². The van der Waals surface area contributed by atoms with Crippen LogP contribution in [0.2, 0.25) is 0 Å². The Kier molecular flexibility index (Phi) is 5.82. The van der Waals surface area contributed by atoms with Crippen molar-refractivity contribution in [1.82, 2.24) is 9.80 Å². The maximum Gasteiger partial charge on any atom is 0.233 e. The van der Waals surface area contributed by atoms with Crippen molar-refractivity contribution < 1.29 is 14.4 Å². The zero-order valence-electron chi connectivity index (χ0n) is 16.5. The second-order valence-electron chi connectivity index (χ2n) is 7.89. The van der Waals surface area contributed by atoms with Crippen LogP contribution in [0.1, 0.15) is 37.7 Å². The minimum Gasteiger partial charge on any atom is -0.378 e. The average Bonchev–Trinajstić information content (AvgIpc) is 2.91. The first kappa shape index (κ1) is 19.4. The maximum absolute atomic E-state index is 12.5. The molecule has 1 saturated heterocycles. The van der Waals surface area contributed by atoms with Gasteiger partial charge in [-0.15, -0.1) is 0 Å². The number of imide groups is 1. The molecule has 1 aromatic carbocycles. The van der Waals surface area contributed by atoms with Crippen molar-refractivity contribution in [2.75, 3.05) is 32.6 Å². The molecule has 0 unspecified atom stereocenters. The summed E-state index contributed by atoms with van der Waals surface area (Å²) in [6, 6.07) is 8.07. The summed E-state index contributed by atoms with van der Waals surface area (Å²) in [5.74, 6) is -0.482. The lowest BCUT2D eigenvalue weighted by Gasteiger charge is -2.20. The number of carbonyl (C=O) groups is 3. The van der Waals surface area contributed by atoms with Crippen LogP contribution >= 0.6 is 0 Å². The Bertz CT molecular complexity index is 690. The van der Waals surface area contributed by atoms with E-state index in [1.807, 2.05) is 43.3 Å². The molecular weight excluding hydrogens is 342 g/mol. The monoisotopic (exact) mass is 371 g/mol. The van der Waals surface area contributed by atoms with Crippen molar-refractivity contribution >= 4 is 23.4 Å². The van der Waals surface area contributed by atoms with Gasteiger partial charge in [-0.25, -0.2) is 0 Å². The first-order chi connectivity index (χ1) is 12.9. The van der Waals surface area contributed by atoms with Crippen LogP contribution < -0.4 is 4.90 Å². The highest BCUT2D eigenvalue weighted by atomic mass is 16.2. The van der Waals surface area contributed by atoms with E-state index in [9.17, 15) is 14.4 Å². The Balaban J connectivity index is 1.52. The van der Waals surface area contributed by atoms with Gasteiger partial charge in [0, 0.05) is 46.3 Å². The lowest BCUT2D eigenvalue weighted by Crippen LogP contribution is -2.36. The molecule has 3 rings (SSSR count). The van der Waals surface area contributed by atoms with Crippen molar-refractivity contribution in [1.29, 1.82) is 0 Å². The van der Waals surface area contributed by atoms with E-state index in [1.54, 1.807) is 11.9 Å². The molecule has 6 nitrogen and oxygen atoms in total. The van der Waals surface area contributed by atoms with Crippen molar-refractivity contribution in [2.45, 2.75) is 38.6 Å². The fourth-order valence-corrected chi connectivity index (χ4v) is 4.11. The Morgan fingerprint density at radius 1 is 1.00 bits per heavy atom. The maximum atomic E-state index is 12.5. The minimum atomic E-state index is -0.144. The van der Waals surface area contributed by atoms with Gasteiger partial charge in [0.25, 0.3) is 0 Å². The van der Waals surface area contributed by atoms with Gasteiger partial charge in [-0.2, -0.15) is 0 Å². The molecule has 1 aliphatic carbocycles. The quantitative estimate of drug-likeness (QED) is 0.720. The largest absolute Gasteiger partial charge is 0.378 e. The highest BCUT2D eigenvalue weighted by molar-refractivity contribution is 6.05. The van der Waals surface area contributed by atoms with Crippen molar-refractivity contribution in [2.24, 2.45) is 11.8 Å². The molecule has 1 saturated carbocycles. The number of hydrogen-bond donors (Lipinski definition) is 0. The Morgan fingerprint density at radius 2 is 1.56 bits per heavy atom. The highest BCUT2D eigenvalue weighted by Gasteiger charge is 2.47. The molecule has 27 heavy (non-hydrogen) atoms. The van der Waals surface area contributed by atoms with E-state index in [0.717, 1.165) is 36.9 Å². The van der Waals surface area contributed by atoms with E-state index in [-0.39, 0.29) is 42.5 Å². The Labute approximate surface area is 161 Å². The number of benzene rings is 1. The minimum absolute atomic E-state index is 0.0536. The van der Waals surface area contributed by atoms with Gasteiger partial charge < -0.3 is 9.80 Å². The van der Waals surface area contributed by atoms with Crippen molar-refractivity contribution in [3.05, 3.63) is 29.8 Å². The molecule has 0 aromatic heterocycles. The Morgan fingerprint density at radius 3 is 2.07 bits per heavy atom. The first-order valence-corrected chi connectivity index (χ1v) is 9.74. The number of fused-ring (bicyclic) bond motifs is 1. The topological polar surface area (TPSA) is 60.9 Å². The smallest absolute Gasteiger partial charge is 0.233 e. The predicted molar refractivity (Wildman–Crippen MR) is 104 cm³/mol. The molecule has 0 spiro atoms. The number of carbonyl (C=O) groups excluding carboxylic acids is 3. The summed E-state index contributed by atoms with van der Waals surface area (Å²) < 4.78 is 0. The second-order valence-corrected chi connectivity index (χ2v) is 7.89. The van der Waals surface area contributed by atoms with Crippen molar-refractivity contribution in [3.8, 4) is 0 Å². The molecule has 1 aromatic rings. The van der Waals surface area contributed by atoms with E-state index in [1.165, 1.54) is 4.90 Å². The van der Waals surface area contributed by atoms with E-state index in [2.05, 4.69) is 0 Å². The molecule has 6 heteroatoms. The third-order valence-electron chi connectivity index (χ3n) is 5.78. The molecule has 2 atom stereocenters. The third-order valence-corrected chi connectivity index (χ3v) is 5.78. The average molecular weight is 371 g/mol. The summed E-state index contributed by atoms with van der Waals surface area (Å²) in [6.45, 7) is 0.715. The van der Waals surface area contributed by atoms with E-state index >= 15 is 0 Å². The third kappa shape index (κ3) is 4.15. The molecule has 1 heterocycles. The van der Waals surface area contributed by atoms with Crippen LogP contribution in [-0.4, -0.2) is 55.2 Å². The predicted octanol–water partition coefficient (Wildman–Crippen LogP) is 2.28. The van der Waals surface area contributed by atoms with Gasteiger partial charge in [0.2, 0.25) is 17.7 Å². The van der Waals surface area contributed by atoms with Crippen LogP contribution in [0.15, 0.2) is 24.3 Å². The molecule has 2 aliphatic rings. The van der Waals surface area contributed by atoms with Gasteiger partial charge in [0.15, 0.2) is 0 Å². The van der Waals surface area contributed by atoms with E-state index < -0.39 is 0 Å². The summed E-state index contributed by atoms with van der Waals surface area (Å²) >= 11 is 0. The fourth-order valence-electron chi connectivity index (χ4n) is 4.11. The number of likely N-dealkylation sites (tertiary alicyclic amines) is 1. The molecule has 2 fully saturated rings. The van der Waals surface area contributed by atoms with Gasteiger partial charge in [-0.3, -0.25) is 19.3 Å². The summed E-state index contributed by atoms with van der Waals surface area (Å²) in [5.41, 5.74) is 2.16. The van der Waals surface area contributed by atoms with Crippen LogP contribution in [-0.2, 0) is 20.9 Å².